The van der Waals surface area contributed by atoms with Gasteiger partial charge >= 0.3 is 0 Å². The summed E-state index contributed by atoms with van der Waals surface area (Å²) in [7, 11) is 5.07. The van der Waals surface area contributed by atoms with E-state index < -0.39 is 0 Å². The van der Waals surface area contributed by atoms with E-state index >= 15 is 0 Å². The number of hydrogen-bond acceptors (Lipinski definition) is 7. The molecule has 3 aromatic heterocycles. The van der Waals surface area contributed by atoms with Gasteiger partial charge in [-0.05, 0) is 12.1 Å². The van der Waals surface area contributed by atoms with Crippen molar-refractivity contribution in [2.75, 3.05) is 19.5 Å². The summed E-state index contributed by atoms with van der Waals surface area (Å²) in [5.74, 6) is 2.48. The molecule has 0 fully saturated rings. The quantitative estimate of drug-likeness (QED) is 0.590. The van der Waals surface area contributed by atoms with Crippen molar-refractivity contribution in [3.8, 4) is 22.8 Å². The van der Waals surface area contributed by atoms with Crippen LogP contribution < -0.4 is 14.8 Å². The fourth-order valence-corrected chi connectivity index (χ4v) is 2.70. The van der Waals surface area contributed by atoms with E-state index in [2.05, 4.69) is 20.6 Å². The third-order valence-corrected chi connectivity index (χ3v) is 4.01. The van der Waals surface area contributed by atoms with Crippen molar-refractivity contribution in [3.05, 3.63) is 42.6 Å². The molecule has 0 spiro atoms. The number of nitrogens with one attached hydrogen (secondary N) is 1. The van der Waals surface area contributed by atoms with Crippen LogP contribution in [0.5, 0.6) is 11.5 Å². The number of hydrogen-bond donors (Lipinski definition) is 1. The van der Waals surface area contributed by atoms with E-state index in [0.717, 1.165) is 16.7 Å². The van der Waals surface area contributed by atoms with Crippen LogP contribution in [0.25, 0.3) is 22.3 Å². The van der Waals surface area contributed by atoms with Crippen LogP contribution in [-0.2, 0) is 7.05 Å². The topological polar surface area (TPSA) is 87.2 Å². The average molecular weight is 351 g/mol. The highest BCUT2D eigenvalue weighted by Crippen LogP contribution is 2.30. The number of nitrogens with zero attached hydrogens (tertiary/aromatic N) is 4. The number of aromatic nitrogens is 4. The highest BCUT2D eigenvalue weighted by molar-refractivity contribution is 5.84. The first-order valence-corrected chi connectivity index (χ1v) is 7.93. The van der Waals surface area contributed by atoms with Crippen LogP contribution in [0.3, 0.4) is 0 Å². The predicted octanol–water partition coefficient (Wildman–Crippen LogP) is 3.38. The zero-order chi connectivity index (χ0) is 18.1. The molecule has 0 aliphatic rings. The van der Waals surface area contributed by atoms with Crippen molar-refractivity contribution in [2.45, 2.75) is 0 Å². The molecule has 0 saturated carbocycles. The summed E-state index contributed by atoms with van der Waals surface area (Å²) in [4.78, 5) is 4.55. The van der Waals surface area contributed by atoms with Crippen LogP contribution in [0.4, 0.5) is 11.7 Å². The number of rotatable bonds is 5. The average Bonchev–Trinajstić information content (AvgIpc) is 3.28. The molecular formula is C18H17N5O3. The first-order chi connectivity index (χ1) is 12.7. The van der Waals surface area contributed by atoms with Crippen LogP contribution in [0.15, 0.2) is 47.1 Å². The number of anilines is 2. The van der Waals surface area contributed by atoms with Crippen LogP contribution in [0, 0.1) is 0 Å². The fourth-order valence-electron chi connectivity index (χ4n) is 2.70. The smallest absolute Gasteiger partial charge is 0.230 e. The van der Waals surface area contributed by atoms with Gasteiger partial charge in [-0.2, -0.15) is 5.10 Å². The van der Waals surface area contributed by atoms with E-state index in [1.54, 1.807) is 37.2 Å². The number of fused-ring (bicyclic) bond motifs is 1. The van der Waals surface area contributed by atoms with Gasteiger partial charge in [-0.1, -0.05) is 17.3 Å². The first-order valence-electron chi connectivity index (χ1n) is 7.93. The van der Waals surface area contributed by atoms with E-state index in [1.807, 2.05) is 31.3 Å². The molecule has 26 heavy (non-hydrogen) atoms. The lowest BCUT2D eigenvalue weighted by atomic mass is 10.1. The second kappa shape index (κ2) is 6.40. The first kappa shape index (κ1) is 15.9. The molecule has 4 aromatic rings. The van der Waals surface area contributed by atoms with E-state index in [-0.39, 0.29) is 0 Å². The molecule has 0 aliphatic carbocycles. The molecule has 1 aromatic carbocycles. The van der Waals surface area contributed by atoms with E-state index in [0.29, 0.717) is 28.8 Å². The van der Waals surface area contributed by atoms with Gasteiger partial charge in [-0.15, -0.1) is 0 Å². The summed E-state index contributed by atoms with van der Waals surface area (Å²) in [5.41, 5.74) is 2.30. The van der Waals surface area contributed by atoms with Crippen LogP contribution in [0.1, 0.15) is 0 Å². The van der Waals surface area contributed by atoms with Gasteiger partial charge in [-0.3, -0.25) is 4.68 Å². The van der Waals surface area contributed by atoms with Gasteiger partial charge in [0.1, 0.15) is 23.0 Å². The zero-order valence-electron chi connectivity index (χ0n) is 14.6. The van der Waals surface area contributed by atoms with E-state index in [1.165, 1.54) is 0 Å². The Morgan fingerprint density at radius 3 is 2.81 bits per heavy atom. The zero-order valence-corrected chi connectivity index (χ0v) is 14.6. The molecule has 132 valence electrons. The molecule has 3 heterocycles. The fraction of sp³-hybridized carbons (Fsp3) is 0.167. The summed E-state index contributed by atoms with van der Waals surface area (Å²) < 4.78 is 17.7. The largest absolute Gasteiger partial charge is 0.497 e. The SMILES string of the molecule is COc1cccc(-c2cc(Nc3cc(OC)c4cnn(C)c4n3)on2)c1. The molecule has 4 rings (SSSR count). The molecule has 0 unspecified atom stereocenters. The van der Waals surface area contributed by atoms with Gasteiger partial charge in [0, 0.05) is 24.7 Å². The molecule has 0 bridgehead atoms. The Bertz CT molecular complexity index is 1070. The minimum atomic E-state index is 0.471. The summed E-state index contributed by atoms with van der Waals surface area (Å²) in [6, 6.07) is 11.2. The maximum atomic E-state index is 5.43. The molecule has 0 amide bonds. The normalized spacial score (nSPS) is 10.9. The maximum Gasteiger partial charge on any atom is 0.230 e. The van der Waals surface area contributed by atoms with Crippen LogP contribution >= 0.6 is 0 Å². The van der Waals surface area contributed by atoms with Gasteiger partial charge in [0.25, 0.3) is 0 Å². The van der Waals surface area contributed by atoms with E-state index in [4.69, 9.17) is 14.0 Å². The Morgan fingerprint density at radius 2 is 2.00 bits per heavy atom. The second-order valence-electron chi connectivity index (χ2n) is 5.65. The maximum absolute atomic E-state index is 5.43. The third-order valence-electron chi connectivity index (χ3n) is 4.01. The summed E-state index contributed by atoms with van der Waals surface area (Å²) in [6.07, 6.45) is 1.72. The predicted molar refractivity (Wildman–Crippen MR) is 96.8 cm³/mol. The summed E-state index contributed by atoms with van der Waals surface area (Å²) >= 11 is 0. The highest BCUT2D eigenvalue weighted by Gasteiger charge is 2.13. The van der Waals surface area contributed by atoms with Gasteiger partial charge in [0.05, 0.1) is 25.8 Å². The molecule has 8 heteroatoms. The lowest BCUT2D eigenvalue weighted by Crippen LogP contribution is -1.98. The Morgan fingerprint density at radius 1 is 1.12 bits per heavy atom. The Hall–Kier alpha value is -3.55. The number of aryl methyl sites for hydroxylation is 1. The Kier molecular flexibility index (Phi) is 3.92. The molecular weight excluding hydrogens is 334 g/mol. The van der Waals surface area contributed by atoms with Crippen molar-refractivity contribution in [3.63, 3.8) is 0 Å². The number of methoxy groups -OCH3 is 2. The second-order valence-corrected chi connectivity index (χ2v) is 5.65. The van der Waals surface area contributed by atoms with Crippen molar-refractivity contribution < 1.29 is 14.0 Å². The molecule has 1 N–H and O–H groups in total. The Labute approximate surface area is 149 Å². The molecule has 0 radical (unpaired) electrons. The minimum Gasteiger partial charge on any atom is -0.497 e. The number of ether oxygens (including phenoxy) is 2. The summed E-state index contributed by atoms with van der Waals surface area (Å²) in [6.45, 7) is 0. The van der Waals surface area contributed by atoms with Crippen molar-refractivity contribution >= 4 is 22.7 Å². The molecule has 8 nitrogen and oxygen atoms in total. The lowest BCUT2D eigenvalue weighted by molar-refractivity contribution is 0.414. The monoisotopic (exact) mass is 351 g/mol. The third kappa shape index (κ3) is 2.81. The molecule has 0 aliphatic heterocycles. The molecule has 0 atom stereocenters. The highest BCUT2D eigenvalue weighted by atomic mass is 16.5. The standard InChI is InChI=1S/C18H17N5O3/c1-23-18-13(10-19-23)15(25-3)9-16(21-18)20-17-8-14(22-26-17)11-5-4-6-12(7-11)24-2/h4-10H,1-3H3,(H,20,21). The van der Waals surface area contributed by atoms with Crippen LogP contribution in [-0.4, -0.2) is 34.1 Å². The minimum absolute atomic E-state index is 0.471. The van der Waals surface area contributed by atoms with Gasteiger partial charge in [0.2, 0.25) is 5.88 Å². The van der Waals surface area contributed by atoms with Gasteiger partial charge < -0.3 is 19.3 Å². The van der Waals surface area contributed by atoms with Crippen molar-refractivity contribution in [1.82, 2.24) is 19.9 Å². The van der Waals surface area contributed by atoms with Crippen molar-refractivity contribution in [2.24, 2.45) is 7.05 Å². The summed E-state index contributed by atoms with van der Waals surface area (Å²) in [5, 5.41) is 12.3. The van der Waals surface area contributed by atoms with Gasteiger partial charge in [-0.25, -0.2) is 4.98 Å². The van der Waals surface area contributed by atoms with Crippen LogP contribution in [0.2, 0.25) is 0 Å². The lowest BCUT2D eigenvalue weighted by Gasteiger charge is -2.06. The number of pyridine rings is 1. The molecule has 0 saturated heterocycles. The van der Waals surface area contributed by atoms with E-state index in [9.17, 15) is 0 Å². The Balaban J connectivity index is 1.65. The number of benzene rings is 1. The van der Waals surface area contributed by atoms with Crippen molar-refractivity contribution in [1.29, 1.82) is 0 Å². The van der Waals surface area contributed by atoms with Gasteiger partial charge in [0.15, 0.2) is 5.65 Å².